The van der Waals surface area contributed by atoms with Crippen molar-refractivity contribution >= 4 is 29.7 Å². The predicted molar refractivity (Wildman–Crippen MR) is 94.1 cm³/mol. The summed E-state index contributed by atoms with van der Waals surface area (Å²) in [4.78, 5) is 22.1. The third kappa shape index (κ3) is 6.22. The Hall–Kier alpha value is -2.11. The van der Waals surface area contributed by atoms with Crippen molar-refractivity contribution in [2.45, 2.75) is 25.2 Å². The van der Waals surface area contributed by atoms with Crippen LogP contribution in [0, 0.1) is 10.1 Å². The Morgan fingerprint density at radius 3 is 2.70 bits per heavy atom. The summed E-state index contributed by atoms with van der Waals surface area (Å²) in [5.41, 5.74) is -1.83. The first-order valence-electron chi connectivity index (χ1n) is 7.92. The van der Waals surface area contributed by atoms with E-state index >= 15 is 0 Å². The van der Waals surface area contributed by atoms with Crippen molar-refractivity contribution in [2.75, 3.05) is 31.6 Å². The molecule has 2 atom stereocenters. The second-order valence-electron chi connectivity index (χ2n) is 5.71. The molecule has 1 aromatic carbocycles. The number of morpholine rings is 1. The third-order valence-corrected chi connectivity index (χ3v) is 3.86. The van der Waals surface area contributed by atoms with Crippen LogP contribution in [0.4, 0.5) is 24.5 Å². The SMILES string of the molecule is C[C@H]1OCCN[C@@H]1C(=O)NCCNc1ccc(C(F)(F)F)cc1[N+](=O)[O-].Cl. The number of hydrogen-bond donors (Lipinski definition) is 3. The zero-order chi connectivity index (χ0) is 19.3. The lowest BCUT2D eigenvalue weighted by atomic mass is 10.1. The van der Waals surface area contributed by atoms with Crippen LogP contribution < -0.4 is 16.0 Å². The molecule has 1 fully saturated rings. The van der Waals surface area contributed by atoms with Crippen molar-refractivity contribution in [1.29, 1.82) is 0 Å². The van der Waals surface area contributed by atoms with Crippen LogP contribution in [0.1, 0.15) is 12.5 Å². The van der Waals surface area contributed by atoms with Gasteiger partial charge in [-0.3, -0.25) is 14.9 Å². The minimum Gasteiger partial charge on any atom is -0.378 e. The highest BCUT2D eigenvalue weighted by atomic mass is 35.5. The summed E-state index contributed by atoms with van der Waals surface area (Å²) in [6.45, 7) is 3.09. The number of nitro groups is 1. The fraction of sp³-hybridized carbons (Fsp3) is 0.533. The van der Waals surface area contributed by atoms with Crippen LogP contribution in [0.25, 0.3) is 0 Å². The van der Waals surface area contributed by atoms with Gasteiger partial charge in [0.1, 0.15) is 11.7 Å². The molecule has 0 bridgehead atoms. The minimum absolute atomic E-state index is 0. The van der Waals surface area contributed by atoms with Crippen LogP contribution in [0.5, 0.6) is 0 Å². The molecule has 1 aliphatic heterocycles. The molecule has 0 radical (unpaired) electrons. The van der Waals surface area contributed by atoms with E-state index in [2.05, 4.69) is 16.0 Å². The lowest BCUT2D eigenvalue weighted by Crippen LogP contribution is -2.55. The topological polar surface area (TPSA) is 106 Å². The average molecular weight is 413 g/mol. The highest BCUT2D eigenvalue weighted by Crippen LogP contribution is 2.34. The molecule has 1 amide bonds. The predicted octanol–water partition coefficient (Wildman–Crippen LogP) is 1.94. The van der Waals surface area contributed by atoms with E-state index in [-0.39, 0.29) is 43.2 Å². The molecule has 1 aliphatic rings. The Morgan fingerprint density at radius 2 is 2.11 bits per heavy atom. The maximum Gasteiger partial charge on any atom is 0.416 e. The van der Waals surface area contributed by atoms with Gasteiger partial charge in [0.15, 0.2) is 0 Å². The van der Waals surface area contributed by atoms with Crippen molar-refractivity contribution in [3.63, 3.8) is 0 Å². The number of amides is 1. The van der Waals surface area contributed by atoms with Crippen molar-refractivity contribution in [3.05, 3.63) is 33.9 Å². The Labute approximate surface area is 159 Å². The van der Waals surface area contributed by atoms with E-state index in [1.807, 2.05) is 0 Å². The highest BCUT2D eigenvalue weighted by molar-refractivity contribution is 5.85. The summed E-state index contributed by atoms with van der Waals surface area (Å²) in [5, 5.41) is 19.3. The Bertz CT molecular complexity index is 675. The first kappa shape index (κ1) is 22.9. The molecule has 0 aromatic heterocycles. The highest BCUT2D eigenvalue weighted by Gasteiger charge is 2.33. The van der Waals surface area contributed by atoms with Gasteiger partial charge < -0.3 is 20.7 Å². The molecule has 2 rings (SSSR count). The molecule has 0 spiro atoms. The molecule has 1 saturated heterocycles. The van der Waals surface area contributed by atoms with Crippen molar-refractivity contribution < 1.29 is 27.6 Å². The van der Waals surface area contributed by atoms with Gasteiger partial charge in [0.25, 0.3) is 5.69 Å². The van der Waals surface area contributed by atoms with Crippen LogP contribution in [0.3, 0.4) is 0 Å². The number of rotatable bonds is 6. The van der Waals surface area contributed by atoms with E-state index in [9.17, 15) is 28.1 Å². The van der Waals surface area contributed by atoms with E-state index in [0.29, 0.717) is 19.2 Å². The number of halogens is 4. The molecule has 12 heteroatoms. The van der Waals surface area contributed by atoms with E-state index in [1.165, 1.54) is 0 Å². The Kier molecular flexibility index (Phi) is 8.25. The number of nitro benzene ring substituents is 1. The molecular formula is C15H20ClF3N4O4. The van der Waals surface area contributed by atoms with Crippen molar-refractivity contribution in [3.8, 4) is 0 Å². The zero-order valence-corrected chi connectivity index (χ0v) is 15.2. The fourth-order valence-electron chi connectivity index (χ4n) is 2.53. The second kappa shape index (κ2) is 9.72. The number of carbonyl (C=O) groups excluding carboxylic acids is 1. The van der Waals surface area contributed by atoms with Gasteiger partial charge >= 0.3 is 6.18 Å². The number of ether oxygens (including phenoxy) is 1. The summed E-state index contributed by atoms with van der Waals surface area (Å²) in [7, 11) is 0. The molecule has 0 unspecified atom stereocenters. The molecular weight excluding hydrogens is 393 g/mol. The summed E-state index contributed by atoms with van der Waals surface area (Å²) < 4.78 is 43.3. The number of anilines is 1. The number of alkyl halides is 3. The van der Waals surface area contributed by atoms with Gasteiger partial charge in [-0.05, 0) is 19.1 Å². The fourth-order valence-corrected chi connectivity index (χ4v) is 2.53. The van der Waals surface area contributed by atoms with Crippen LogP contribution in [0.15, 0.2) is 18.2 Å². The molecule has 0 saturated carbocycles. The molecule has 0 aliphatic carbocycles. The normalized spacial score (nSPS) is 19.7. The maximum absolute atomic E-state index is 12.7. The molecule has 1 aromatic rings. The first-order chi connectivity index (χ1) is 12.2. The molecule has 27 heavy (non-hydrogen) atoms. The van der Waals surface area contributed by atoms with Crippen LogP contribution in [0.2, 0.25) is 0 Å². The van der Waals surface area contributed by atoms with Gasteiger partial charge in [-0.2, -0.15) is 13.2 Å². The van der Waals surface area contributed by atoms with Gasteiger partial charge in [-0.1, -0.05) is 0 Å². The van der Waals surface area contributed by atoms with Gasteiger partial charge in [0.05, 0.1) is 23.2 Å². The third-order valence-electron chi connectivity index (χ3n) is 3.86. The quantitative estimate of drug-likeness (QED) is 0.374. The van der Waals surface area contributed by atoms with Gasteiger partial charge in [-0.15, -0.1) is 12.4 Å². The minimum atomic E-state index is -4.66. The van der Waals surface area contributed by atoms with Crippen molar-refractivity contribution in [2.24, 2.45) is 0 Å². The lowest BCUT2D eigenvalue weighted by Gasteiger charge is -2.29. The first-order valence-corrected chi connectivity index (χ1v) is 7.92. The van der Waals surface area contributed by atoms with Gasteiger partial charge in [0, 0.05) is 25.7 Å². The Balaban J connectivity index is 0.00000364. The number of nitrogens with one attached hydrogen (secondary N) is 3. The number of hydrogen-bond acceptors (Lipinski definition) is 6. The number of carbonyl (C=O) groups is 1. The Morgan fingerprint density at radius 1 is 1.41 bits per heavy atom. The molecule has 3 N–H and O–H groups in total. The number of nitrogens with zero attached hydrogens (tertiary/aromatic N) is 1. The zero-order valence-electron chi connectivity index (χ0n) is 14.3. The lowest BCUT2D eigenvalue weighted by molar-refractivity contribution is -0.384. The van der Waals surface area contributed by atoms with E-state index in [0.717, 1.165) is 12.1 Å². The van der Waals surface area contributed by atoms with Gasteiger partial charge in [-0.25, -0.2) is 0 Å². The smallest absolute Gasteiger partial charge is 0.378 e. The molecule has 152 valence electrons. The van der Waals surface area contributed by atoms with Crippen LogP contribution >= 0.6 is 12.4 Å². The largest absolute Gasteiger partial charge is 0.416 e. The van der Waals surface area contributed by atoms with E-state index < -0.39 is 28.4 Å². The number of benzene rings is 1. The second-order valence-corrected chi connectivity index (χ2v) is 5.71. The summed E-state index contributed by atoms with van der Waals surface area (Å²) >= 11 is 0. The summed E-state index contributed by atoms with van der Waals surface area (Å²) in [5.74, 6) is -0.277. The monoisotopic (exact) mass is 412 g/mol. The van der Waals surface area contributed by atoms with Crippen LogP contribution in [-0.2, 0) is 15.7 Å². The standard InChI is InChI=1S/C15H19F3N4O4.ClH/c1-9-13(20-6-7-26-9)14(23)21-5-4-19-11-3-2-10(15(16,17)18)8-12(11)22(24)25;/h2-3,8-9,13,19-20H,4-7H2,1H3,(H,21,23);1H/t9-,13+;/m1./s1. The van der Waals surface area contributed by atoms with E-state index in [4.69, 9.17) is 4.74 Å². The summed E-state index contributed by atoms with van der Waals surface area (Å²) in [6.07, 6.45) is -4.95. The van der Waals surface area contributed by atoms with E-state index in [1.54, 1.807) is 6.92 Å². The summed E-state index contributed by atoms with van der Waals surface area (Å²) in [6, 6.07) is 1.75. The van der Waals surface area contributed by atoms with Crippen LogP contribution in [-0.4, -0.2) is 49.2 Å². The average Bonchev–Trinajstić information content (AvgIpc) is 2.58. The molecule has 1 heterocycles. The van der Waals surface area contributed by atoms with Crippen molar-refractivity contribution in [1.82, 2.24) is 10.6 Å². The van der Waals surface area contributed by atoms with Gasteiger partial charge in [0.2, 0.25) is 5.91 Å². The molecule has 8 nitrogen and oxygen atoms in total. The maximum atomic E-state index is 12.7.